The third-order valence-electron chi connectivity index (χ3n) is 5.54. The number of hydrogen-bond donors (Lipinski definition) is 1. The molecule has 28 heavy (non-hydrogen) atoms. The number of aryl methyl sites for hydroxylation is 2. The first-order chi connectivity index (χ1) is 13.7. The lowest BCUT2D eigenvalue weighted by atomic mass is 10.0. The number of carbonyl (C=O) groups excluding carboxylic acids is 1. The minimum atomic E-state index is 0.0984. The number of nitrogens with zero attached hydrogens (tertiary/aromatic N) is 1. The first-order valence-corrected chi connectivity index (χ1v) is 10.3. The molecule has 1 saturated heterocycles. The normalized spacial score (nSPS) is 14.6. The molecule has 1 aliphatic heterocycles. The lowest BCUT2D eigenvalue weighted by Gasteiger charge is -2.27. The van der Waals surface area contributed by atoms with Crippen molar-refractivity contribution in [2.24, 2.45) is 0 Å². The summed E-state index contributed by atoms with van der Waals surface area (Å²) in [7, 11) is 1.68. The van der Waals surface area contributed by atoms with Crippen LogP contribution in [0.5, 0.6) is 5.75 Å². The number of methoxy groups -OCH3 is 1. The van der Waals surface area contributed by atoms with E-state index in [2.05, 4.69) is 40.5 Å². The SMILES string of the molecule is COc1ccc(CCC(=O)NCc2ccccc2CN2CCCCC2)cc1C. The molecular weight excluding hydrogens is 348 g/mol. The third kappa shape index (κ3) is 5.83. The van der Waals surface area contributed by atoms with Crippen LogP contribution in [0.15, 0.2) is 42.5 Å². The molecule has 2 aromatic rings. The van der Waals surface area contributed by atoms with Crippen molar-refractivity contribution >= 4 is 5.91 Å². The van der Waals surface area contributed by atoms with Gasteiger partial charge in [-0.15, -0.1) is 0 Å². The van der Waals surface area contributed by atoms with E-state index >= 15 is 0 Å². The summed E-state index contributed by atoms with van der Waals surface area (Å²) in [6.07, 6.45) is 5.18. The Morgan fingerprint density at radius 2 is 1.82 bits per heavy atom. The standard InChI is InChI=1S/C24H32N2O2/c1-19-16-20(10-12-23(19)28-2)11-13-24(27)25-17-21-8-4-5-9-22(21)18-26-14-6-3-7-15-26/h4-5,8-10,12,16H,3,6-7,11,13-15,17-18H2,1-2H3,(H,25,27). The van der Waals surface area contributed by atoms with E-state index in [9.17, 15) is 4.79 Å². The van der Waals surface area contributed by atoms with Gasteiger partial charge in [-0.1, -0.05) is 42.8 Å². The highest BCUT2D eigenvalue weighted by Crippen LogP contribution is 2.19. The summed E-state index contributed by atoms with van der Waals surface area (Å²) in [6.45, 7) is 5.98. The van der Waals surface area contributed by atoms with Crippen LogP contribution in [0.4, 0.5) is 0 Å². The van der Waals surface area contributed by atoms with Gasteiger partial charge < -0.3 is 10.1 Å². The van der Waals surface area contributed by atoms with Gasteiger partial charge in [0.15, 0.2) is 0 Å². The van der Waals surface area contributed by atoms with Crippen LogP contribution in [0.25, 0.3) is 0 Å². The van der Waals surface area contributed by atoms with Gasteiger partial charge in [0.25, 0.3) is 0 Å². The van der Waals surface area contributed by atoms with Crippen LogP contribution in [0.3, 0.4) is 0 Å². The zero-order valence-electron chi connectivity index (χ0n) is 17.2. The van der Waals surface area contributed by atoms with E-state index in [0.29, 0.717) is 13.0 Å². The molecule has 4 heteroatoms. The maximum absolute atomic E-state index is 12.4. The summed E-state index contributed by atoms with van der Waals surface area (Å²) in [6, 6.07) is 14.6. The van der Waals surface area contributed by atoms with Gasteiger partial charge in [0.2, 0.25) is 5.91 Å². The predicted octanol–water partition coefficient (Wildman–Crippen LogP) is 4.24. The maximum atomic E-state index is 12.4. The molecule has 0 bridgehead atoms. The van der Waals surface area contributed by atoms with Crippen molar-refractivity contribution in [3.05, 3.63) is 64.7 Å². The number of piperidine rings is 1. The van der Waals surface area contributed by atoms with Crippen molar-refractivity contribution in [2.75, 3.05) is 20.2 Å². The van der Waals surface area contributed by atoms with Gasteiger partial charge in [-0.25, -0.2) is 0 Å². The van der Waals surface area contributed by atoms with Gasteiger partial charge >= 0.3 is 0 Å². The molecule has 0 aromatic heterocycles. The van der Waals surface area contributed by atoms with E-state index in [1.165, 1.54) is 49.0 Å². The second-order valence-electron chi connectivity index (χ2n) is 7.69. The highest BCUT2D eigenvalue weighted by molar-refractivity contribution is 5.76. The molecule has 0 spiro atoms. The molecule has 0 saturated carbocycles. The summed E-state index contributed by atoms with van der Waals surface area (Å²) in [4.78, 5) is 14.9. The fourth-order valence-electron chi connectivity index (χ4n) is 3.88. The number of nitrogens with one attached hydrogen (secondary N) is 1. The number of benzene rings is 2. The highest BCUT2D eigenvalue weighted by atomic mass is 16.5. The molecule has 1 heterocycles. The van der Waals surface area contributed by atoms with Crippen molar-refractivity contribution < 1.29 is 9.53 Å². The Morgan fingerprint density at radius 1 is 1.07 bits per heavy atom. The summed E-state index contributed by atoms with van der Waals surface area (Å²) < 4.78 is 5.30. The molecular formula is C24H32N2O2. The molecule has 2 aromatic carbocycles. The molecule has 1 N–H and O–H groups in total. The number of amides is 1. The number of carbonyl (C=O) groups is 1. The Balaban J connectivity index is 1.49. The first-order valence-electron chi connectivity index (χ1n) is 10.3. The fourth-order valence-corrected chi connectivity index (χ4v) is 3.88. The average molecular weight is 381 g/mol. The monoisotopic (exact) mass is 380 g/mol. The van der Waals surface area contributed by atoms with E-state index in [0.717, 1.165) is 24.3 Å². The highest BCUT2D eigenvalue weighted by Gasteiger charge is 2.13. The van der Waals surface area contributed by atoms with Gasteiger partial charge in [0.05, 0.1) is 7.11 Å². The molecule has 0 atom stereocenters. The maximum Gasteiger partial charge on any atom is 0.220 e. The minimum absolute atomic E-state index is 0.0984. The number of rotatable bonds is 8. The number of likely N-dealkylation sites (tertiary alicyclic amines) is 1. The van der Waals surface area contributed by atoms with Crippen LogP contribution in [-0.2, 0) is 24.3 Å². The first kappa shape index (κ1) is 20.4. The van der Waals surface area contributed by atoms with Gasteiger partial charge in [0.1, 0.15) is 5.75 Å². The van der Waals surface area contributed by atoms with Gasteiger partial charge in [-0.05, 0) is 67.6 Å². The lowest BCUT2D eigenvalue weighted by Crippen LogP contribution is -2.30. The molecule has 1 amide bonds. The number of ether oxygens (including phenoxy) is 1. The third-order valence-corrected chi connectivity index (χ3v) is 5.54. The van der Waals surface area contributed by atoms with E-state index < -0.39 is 0 Å². The Hall–Kier alpha value is -2.33. The Kier molecular flexibility index (Phi) is 7.49. The largest absolute Gasteiger partial charge is 0.496 e. The summed E-state index contributed by atoms with van der Waals surface area (Å²) in [5.41, 5.74) is 4.82. The molecule has 0 aliphatic carbocycles. The van der Waals surface area contributed by atoms with Crippen molar-refractivity contribution in [3.8, 4) is 5.75 Å². The zero-order chi connectivity index (χ0) is 19.8. The summed E-state index contributed by atoms with van der Waals surface area (Å²) in [5.74, 6) is 0.986. The topological polar surface area (TPSA) is 41.6 Å². The van der Waals surface area contributed by atoms with Crippen LogP contribution < -0.4 is 10.1 Å². The van der Waals surface area contributed by atoms with E-state index in [1.54, 1.807) is 7.11 Å². The fraction of sp³-hybridized carbons (Fsp3) is 0.458. The Labute approximate surface area is 168 Å². The predicted molar refractivity (Wildman–Crippen MR) is 113 cm³/mol. The van der Waals surface area contributed by atoms with Crippen LogP contribution in [0, 0.1) is 6.92 Å². The second-order valence-corrected chi connectivity index (χ2v) is 7.69. The van der Waals surface area contributed by atoms with Crippen molar-refractivity contribution in [1.82, 2.24) is 10.2 Å². The average Bonchev–Trinajstić information content (AvgIpc) is 2.72. The molecule has 1 aliphatic rings. The Bertz CT molecular complexity index is 782. The molecule has 0 radical (unpaired) electrons. The summed E-state index contributed by atoms with van der Waals surface area (Å²) >= 11 is 0. The second kappa shape index (κ2) is 10.3. The summed E-state index contributed by atoms with van der Waals surface area (Å²) in [5, 5.41) is 3.10. The van der Waals surface area contributed by atoms with Gasteiger partial charge in [0, 0.05) is 19.5 Å². The quantitative estimate of drug-likeness (QED) is 0.745. The van der Waals surface area contributed by atoms with E-state index in [1.807, 2.05) is 19.1 Å². The Morgan fingerprint density at radius 3 is 2.54 bits per heavy atom. The van der Waals surface area contributed by atoms with Gasteiger partial charge in [-0.2, -0.15) is 0 Å². The molecule has 150 valence electrons. The van der Waals surface area contributed by atoms with Crippen LogP contribution in [0.1, 0.15) is 47.9 Å². The van der Waals surface area contributed by atoms with Crippen molar-refractivity contribution in [2.45, 2.75) is 52.1 Å². The minimum Gasteiger partial charge on any atom is -0.496 e. The lowest BCUT2D eigenvalue weighted by molar-refractivity contribution is -0.121. The molecule has 0 unspecified atom stereocenters. The smallest absolute Gasteiger partial charge is 0.220 e. The molecule has 3 rings (SSSR count). The van der Waals surface area contributed by atoms with E-state index in [4.69, 9.17) is 4.74 Å². The van der Waals surface area contributed by atoms with Gasteiger partial charge in [-0.3, -0.25) is 9.69 Å². The molecule has 1 fully saturated rings. The van der Waals surface area contributed by atoms with Crippen LogP contribution in [-0.4, -0.2) is 31.0 Å². The molecule has 4 nitrogen and oxygen atoms in total. The van der Waals surface area contributed by atoms with Crippen molar-refractivity contribution in [3.63, 3.8) is 0 Å². The van der Waals surface area contributed by atoms with Crippen molar-refractivity contribution in [1.29, 1.82) is 0 Å². The number of hydrogen-bond acceptors (Lipinski definition) is 3. The van der Waals surface area contributed by atoms with Crippen LogP contribution >= 0.6 is 0 Å². The zero-order valence-corrected chi connectivity index (χ0v) is 17.2. The van der Waals surface area contributed by atoms with E-state index in [-0.39, 0.29) is 5.91 Å². The van der Waals surface area contributed by atoms with Crippen LogP contribution in [0.2, 0.25) is 0 Å².